The van der Waals surface area contributed by atoms with E-state index in [1.165, 1.54) is 0 Å². The Hall–Kier alpha value is -1.81. The van der Waals surface area contributed by atoms with Gasteiger partial charge in [-0.2, -0.15) is 0 Å². The maximum atomic E-state index is 12.1. The maximum absolute atomic E-state index is 12.1. The first-order valence-electron chi connectivity index (χ1n) is 6.62. The van der Waals surface area contributed by atoms with Crippen LogP contribution in [0.4, 0.5) is 0 Å². The predicted octanol–water partition coefficient (Wildman–Crippen LogP) is 2.39. The van der Waals surface area contributed by atoms with E-state index in [0.717, 1.165) is 35.2 Å². The first-order chi connectivity index (χ1) is 9.15. The van der Waals surface area contributed by atoms with Crippen LogP contribution in [0.3, 0.4) is 0 Å². The quantitative estimate of drug-likeness (QED) is 0.812. The van der Waals surface area contributed by atoms with Crippen molar-refractivity contribution in [2.75, 3.05) is 19.6 Å². The third-order valence-electron chi connectivity index (χ3n) is 3.20. The van der Waals surface area contributed by atoms with E-state index in [-0.39, 0.29) is 5.91 Å². The summed E-state index contributed by atoms with van der Waals surface area (Å²) in [4.78, 5) is 12.1. The molecule has 0 aliphatic carbocycles. The highest BCUT2D eigenvalue weighted by Gasteiger charge is 2.17. The van der Waals surface area contributed by atoms with Crippen molar-refractivity contribution in [2.45, 2.75) is 20.8 Å². The Morgan fingerprint density at radius 1 is 1.26 bits per heavy atom. The highest BCUT2D eigenvalue weighted by Crippen LogP contribution is 2.27. The van der Waals surface area contributed by atoms with Gasteiger partial charge in [0, 0.05) is 24.0 Å². The van der Waals surface area contributed by atoms with Crippen molar-refractivity contribution in [1.82, 2.24) is 10.6 Å². The number of aryl methyl sites for hydroxylation is 2. The number of carbonyl (C=O) groups is 1. The highest BCUT2D eigenvalue weighted by atomic mass is 16.3. The Bertz CT molecular complexity index is 587. The molecule has 0 saturated heterocycles. The molecule has 0 radical (unpaired) electrons. The van der Waals surface area contributed by atoms with E-state index in [0.29, 0.717) is 12.3 Å². The second-order valence-corrected chi connectivity index (χ2v) is 4.62. The van der Waals surface area contributed by atoms with Gasteiger partial charge in [0.25, 0.3) is 5.91 Å². The second kappa shape index (κ2) is 5.89. The number of para-hydroxylation sites is 1. The fourth-order valence-electron chi connectivity index (χ4n) is 2.12. The number of fused-ring (bicyclic) bond motifs is 1. The van der Waals surface area contributed by atoms with E-state index in [1.54, 1.807) is 0 Å². The summed E-state index contributed by atoms with van der Waals surface area (Å²) < 4.78 is 5.72. The molecule has 4 nitrogen and oxygen atoms in total. The average molecular weight is 260 g/mol. The SMILES string of the molecule is CCNCCNC(=O)c1oc2c(C)cccc2c1C. The van der Waals surface area contributed by atoms with Crippen LogP contribution in [0.15, 0.2) is 22.6 Å². The predicted molar refractivity (Wildman–Crippen MR) is 76.6 cm³/mol. The van der Waals surface area contributed by atoms with Gasteiger partial charge in [0.2, 0.25) is 0 Å². The zero-order chi connectivity index (χ0) is 13.8. The van der Waals surface area contributed by atoms with Crippen LogP contribution in [-0.4, -0.2) is 25.5 Å². The molecule has 0 atom stereocenters. The van der Waals surface area contributed by atoms with Gasteiger partial charge >= 0.3 is 0 Å². The molecule has 4 heteroatoms. The number of rotatable bonds is 5. The van der Waals surface area contributed by atoms with Gasteiger partial charge in [-0.3, -0.25) is 4.79 Å². The number of furan rings is 1. The van der Waals surface area contributed by atoms with Crippen molar-refractivity contribution < 1.29 is 9.21 Å². The summed E-state index contributed by atoms with van der Waals surface area (Å²) >= 11 is 0. The maximum Gasteiger partial charge on any atom is 0.287 e. The van der Waals surface area contributed by atoms with Gasteiger partial charge < -0.3 is 15.1 Å². The average Bonchev–Trinajstić information content (AvgIpc) is 2.74. The second-order valence-electron chi connectivity index (χ2n) is 4.62. The van der Waals surface area contributed by atoms with Crippen LogP contribution in [0.1, 0.15) is 28.6 Å². The van der Waals surface area contributed by atoms with Crippen LogP contribution in [0.2, 0.25) is 0 Å². The van der Waals surface area contributed by atoms with E-state index in [4.69, 9.17) is 4.42 Å². The van der Waals surface area contributed by atoms with Gasteiger partial charge in [-0.25, -0.2) is 0 Å². The van der Waals surface area contributed by atoms with Crippen molar-refractivity contribution in [3.05, 3.63) is 35.1 Å². The van der Waals surface area contributed by atoms with Crippen LogP contribution < -0.4 is 10.6 Å². The minimum absolute atomic E-state index is 0.147. The number of amides is 1. The first-order valence-corrected chi connectivity index (χ1v) is 6.62. The summed E-state index contributed by atoms with van der Waals surface area (Å²) in [5, 5.41) is 7.03. The molecule has 2 aromatic rings. The lowest BCUT2D eigenvalue weighted by molar-refractivity contribution is 0.0927. The molecule has 0 aliphatic heterocycles. The molecule has 0 bridgehead atoms. The summed E-state index contributed by atoms with van der Waals surface area (Å²) in [6.45, 7) is 8.21. The van der Waals surface area contributed by atoms with E-state index >= 15 is 0 Å². The van der Waals surface area contributed by atoms with Crippen LogP contribution in [-0.2, 0) is 0 Å². The van der Waals surface area contributed by atoms with Crippen LogP contribution in [0.25, 0.3) is 11.0 Å². The number of likely N-dealkylation sites (N-methyl/N-ethyl adjacent to an activating group) is 1. The van der Waals surface area contributed by atoms with Crippen molar-refractivity contribution in [1.29, 1.82) is 0 Å². The van der Waals surface area contributed by atoms with Gasteiger partial charge in [0.15, 0.2) is 5.76 Å². The molecule has 1 aromatic carbocycles. The number of hydrogen-bond acceptors (Lipinski definition) is 3. The van der Waals surface area contributed by atoms with Crippen LogP contribution in [0, 0.1) is 13.8 Å². The Morgan fingerprint density at radius 2 is 2.05 bits per heavy atom. The Kier molecular flexibility index (Phi) is 4.22. The number of carbonyl (C=O) groups excluding carboxylic acids is 1. The third kappa shape index (κ3) is 2.79. The van der Waals surface area contributed by atoms with Gasteiger partial charge in [-0.15, -0.1) is 0 Å². The Balaban J connectivity index is 2.18. The Labute approximate surface area is 113 Å². The van der Waals surface area contributed by atoms with Gasteiger partial charge in [-0.1, -0.05) is 25.1 Å². The van der Waals surface area contributed by atoms with E-state index in [1.807, 2.05) is 39.0 Å². The molecule has 1 heterocycles. The summed E-state index contributed by atoms with van der Waals surface area (Å²) in [5.41, 5.74) is 2.75. The highest BCUT2D eigenvalue weighted by molar-refractivity contribution is 5.99. The van der Waals surface area contributed by atoms with Crippen molar-refractivity contribution in [2.24, 2.45) is 0 Å². The summed E-state index contributed by atoms with van der Waals surface area (Å²) in [7, 11) is 0. The molecule has 102 valence electrons. The molecule has 0 aliphatic rings. The van der Waals surface area contributed by atoms with Crippen LogP contribution in [0.5, 0.6) is 0 Å². The molecule has 1 aromatic heterocycles. The summed E-state index contributed by atoms with van der Waals surface area (Å²) in [5.74, 6) is 0.270. The lowest BCUT2D eigenvalue weighted by atomic mass is 10.1. The third-order valence-corrected chi connectivity index (χ3v) is 3.20. The van der Waals surface area contributed by atoms with Gasteiger partial charge in [0.1, 0.15) is 5.58 Å². The minimum atomic E-state index is -0.147. The number of nitrogens with one attached hydrogen (secondary N) is 2. The minimum Gasteiger partial charge on any atom is -0.450 e. The molecular formula is C15H20N2O2. The fourth-order valence-corrected chi connectivity index (χ4v) is 2.12. The number of benzene rings is 1. The Morgan fingerprint density at radius 3 is 2.74 bits per heavy atom. The molecule has 0 spiro atoms. The topological polar surface area (TPSA) is 54.3 Å². The van der Waals surface area contributed by atoms with E-state index in [2.05, 4.69) is 10.6 Å². The lowest BCUT2D eigenvalue weighted by Crippen LogP contribution is -2.31. The number of hydrogen-bond donors (Lipinski definition) is 2. The molecule has 2 N–H and O–H groups in total. The monoisotopic (exact) mass is 260 g/mol. The molecule has 0 fully saturated rings. The van der Waals surface area contributed by atoms with Crippen LogP contribution >= 0.6 is 0 Å². The van der Waals surface area contributed by atoms with Crippen molar-refractivity contribution >= 4 is 16.9 Å². The zero-order valence-corrected chi connectivity index (χ0v) is 11.7. The van der Waals surface area contributed by atoms with Gasteiger partial charge in [0.05, 0.1) is 0 Å². The molecule has 1 amide bonds. The lowest BCUT2D eigenvalue weighted by Gasteiger charge is -2.03. The molecule has 0 saturated carbocycles. The molecule has 19 heavy (non-hydrogen) atoms. The normalized spacial score (nSPS) is 10.9. The van der Waals surface area contributed by atoms with Crippen molar-refractivity contribution in [3.63, 3.8) is 0 Å². The van der Waals surface area contributed by atoms with Gasteiger partial charge in [-0.05, 0) is 26.0 Å². The standard InChI is InChI=1S/C15H20N2O2/c1-4-16-8-9-17-15(18)14-11(3)12-7-5-6-10(2)13(12)19-14/h5-7,16H,4,8-9H2,1-3H3,(H,17,18). The summed E-state index contributed by atoms with van der Waals surface area (Å²) in [6.07, 6.45) is 0. The zero-order valence-electron chi connectivity index (χ0n) is 11.7. The van der Waals surface area contributed by atoms with Crippen molar-refractivity contribution in [3.8, 4) is 0 Å². The smallest absolute Gasteiger partial charge is 0.287 e. The molecule has 2 rings (SSSR count). The molecular weight excluding hydrogens is 240 g/mol. The molecule has 0 unspecified atom stereocenters. The van der Waals surface area contributed by atoms with E-state index in [9.17, 15) is 4.79 Å². The fraction of sp³-hybridized carbons (Fsp3) is 0.400. The largest absolute Gasteiger partial charge is 0.450 e. The first kappa shape index (κ1) is 13.6. The van der Waals surface area contributed by atoms with E-state index < -0.39 is 0 Å². The summed E-state index contributed by atoms with van der Waals surface area (Å²) in [6, 6.07) is 5.95.